The van der Waals surface area contributed by atoms with E-state index in [1.54, 1.807) is 0 Å². The summed E-state index contributed by atoms with van der Waals surface area (Å²) in [6.45, 7) is 5.84. The Bertz CT molecular complexity index is 546. The van der Waals surface area contributed by atoms with Crippen LogP contribution in [-0.4, -0.2) is 49.2 Å². The number of hydrogen-bond acceptors (Lipinski definition) is 5. The highest BCUT2D eigenvalue weighted by Crippen LogP contribution is 2.13. The van der Waals surface area contributed by atoms with Crippen LogP contribution in [0.25, 0.3) is 0 Å². The van der Waals surface area contributed by atoms with Crippen molar-refractivity contribution in [3.05, 3.63) is 0 Å². The summed E-state index contributed by atoms with van der Waals surface area (Å²) in [5.41, 5.74) is 5.17. The molecule has 0 aromatic carbocycles. The first-order chi connectivity index (χ1) is 18.4. The van der Waals surface area contributed by atoms with Crippen LogP contribution in [0.15, 0.2) is 0 Å². The molecule has 0 rings (SSSR count). The number of guanidine groups is 1. The molecule has 0 aromatic heterocycles. The van der Waals surface area contributed by atoms with E-state index in [4.69, 9.17) is 21.0 Å². The molecule has 0 fully saturated rings. The summed E-state index contributed by atoms with van der Waals surface area (Å²) in [5, 5.41) is 21.5. The molecular weight excluding hydrogens is 480 g/mol. The molecule has 0 radical (unpaired) electrons. The maximum atomic E-state index is 11.5. The Morgan fingerprint density at radius 3 is 1.61 bits per heavy atom. The monoisotopic (exact) mass is 542 g/mol. The fourth-order valence-electron chi connectivity index (χ4n) is 4.27. The Morgan fingerprint density at radius 2 is 1.18 bits per heavy atom. The molecule has 0 aromatic rings. The zero-order valence-corrected chi connectivity index (χ0v) is 25.1. The normalized spacial score (nSPS) is 11.3. The number of esters is 1. The Hall–Kier alpha value is -1.83. The average molecular weight is 543 g/mol. The molecule has 0 saturated heterocycles. The smallest absolute Gasteiger partial charge is 0.322 e. The lowest BCUT2D eigenvalue weighted by Gasteiger charge is -2.16. The maximum Gasteiger partial charge on any atom is 0.322 e. The second-order valence-corrected chi connectivity index (χ2v) is 10.3. The molecule has 0 aliphatic carbocycles. The van der Waals surface area contributed by atoms with Crippen molar-refractivity contribution in [1.29, 1.82) is 5.41 Å². The fraction of sp³-hybridized carbons (Fsp3) is 0.900. The zero-order chi connectivity index (χ0) is 28.7. The highest BCUT2D eigenvalue weighted by molar-refractivity contribution is 5.75. The summed E-state index contributed by atoms with van der Waals surface area (Å²) in [7, 11) is 1.40. The standard InChI is InChI=1S/C18H36O2.C12H26N4O2/c1-2-3-4-5-6-7-8-9-10-11-12-13-14-15-16-17-18(19)20;1-3-4-5-8-15-10(11(17)18-2)7-6-9-16-12(13)14/h2-17H2,1H3,(H,19,20);10,15H,3-9H2,1-2H3,(H4,13,14,16). The highest BCUT2D eigenvalue weighted by Gasteiger charge is 2.17. The van der Waals surface area contributed by atoms with Crippen LogP contribution in [0.2, 0.25) is 0 Å². The maximum absolute atomic E-state index is 11.5. The van der Waals surface area contributed by atoms with Crippen LogP contribution in [0.5, 0.6) is 0 Å². The zero-order valence-electron chi connectivity index (χ0n) is 25.1. The lowest BCUT2D eigenvalue weighted by molar-refractivity contribution is -0.143. The number of unbranched alkanes of at least 4 members (excludes halogenated alkanes) is 16. The first-order valence-corrected chi connectivity index (χ1v) is 15.5. The number of carboxylic acid groups (broad SMARTS) is 1. The van der Waals surface area contributed by atoms with Gasteiger partial charge in [0.05, 0.1) is 7.11 Å². The largest absolute Gasteiger partial charge is 0.481 e. The topological polar surface area (TPSA) is 138 Å². The highest BCUT2D eigenvalue weighted by atomic mass is 16.5. The van der Waals surface area contributed by atoms with Gasteiger partial charge in [0.1, 0.15) is 6.04 Å². The van der Waals surface area contributed by atoms with Crippen molar-refractivity contribution in [1.82, 2.24) is 10.6 Å². The van der Waals surface area contributed by atoms with Gasteiger partial charge < -0.3 is 26.2 Å². The van der Waals surface area contributed by atoms with Gasteiger partial charge in [-0.05, 0) is 32.2 Å². The number of nitrogens with one attached hydrogen (secondary N) is 3. The SMILES string of the molecule is CCCCCCCCCCCCCCCCCC(=O)O.CCCCCNC(CCCNC(=N)N)C(=O)OC. The number of rotatable bonds is 26. The molecular formula is C30H62N4O4. The molecule has 0 heterocycles. The molecule has 0 aliphatic heterocycles. The lowest BCUT2D eigenvalue weighted by atomic mass is 10.0. The quantitative estimate of drug-likeness (QED) is 0.0347. The third kappa shape index (κ3) is 32.2. The minimum absolute atomic E-state index is 0.0412. The molecule has 226 valence electrons. The molecule has 0 amide bonds. The van der Waals surface area contributed by atoms with Crippen LogP contribution in [0.1, 0.15) is 149 Å². The van der Waals surface area contributed by atoms with E-state index >= 15 is 0 Å². The van der Waals surface area contributed by atoms with Gasteiger partial charge in [-0.3, -0.25) is 15.0 Å². The van der Waals surface area contributed by atoms with Crippen LogP contribution in [0.4, 0.5) is 0 Å². The number of carboxylic acids is 1. The average Bonchev–Trinajstić information content (AvgIpc) is 2.89. The lowest BCUT2D eigenvalue weighted by Crippen LogP contribution is -2.39. The summed E-state index contributed by atoms with van der Waals surface area (Å²) in [4.78, 5) is 21.9. The van der Waals surface area contributed by atoms with Crippen LogP contribution < -0.4 is 16.4 Å². The van der Waals surface area contributed by atoms with Crippen molar-refractivity contribution in [2.75, 3.05) is 20.2 Å². The van der Waals surface area contributed by atoms with Crippen molar-refractivity contribution < 1.29 is 19.4 Å². The Labute approximate surface area is 234 Å². The van der Waals surface area contributed by atoms with Crippen molar-refractivity contribution in [2.45, 2.75) is 155 Å². The summed E-state index contributed by atoms with van der Waals surface area (Å²) in [6.07, 6.45) is 25.0. The second kappa shape index (κ2) is 31.4. The summed E-state index contributed by atoms with van der Waals surface area (Å²) in [6, 6.07) is -0.263. The molecule has 8 heteroatoms. The summed E-state index contributed by atoms with van der Waals surface area (Å²) >= 11 is 0. The van der Waals surface area contributed by atoms with E-state index in [1.807, 2.05) is 0 Å². The van der Waals surface area contributed by atoms with E-state index in [2.05, 4.69) is 24.5 Å². The summed E-state index contributed by atoms with van der Waals surface area (Å²) in [5.74, 6) is -0.922. The Balaban J connectivity index is 0. The van der Waals surface area contributed by atoms with Crippen molar-refractivity contribution in [2.24, 2.45) is 5.73 Å². The van der Waals surface area contributed by atoms with Gasteiger partial charge in [-0.2, -0.15) is 0 Å². The molecule has 1 unspecified atom stereocenters. The second-order valence-electron chi connectivity index (χ2n) is 10.3. The van der Waals surface area contributed by atoms with Crippen molar-refractivity contribution in [3.8, 4) is 0 Å². The predicted octanol–water partition coefficient (Wildman–Crippen LogP) is 6.90. The molecule has 8 nitrogen and oxygen atoms in total. The number of carbonyl (C=O) groups is 2. The van der Waals surface area contributed by atoms with Gasteiger partial charge in [-0.15, -0.1) is 0 Å². The van der Waals surface area contributed by atoms with Crippen LogP contribution in [0.3, 0.4) is 0 Å². The van der Waals surface area contributed by atoms with Crippen molar-refractivity contribution >= 4 is 17.9 Å². The number of hydrogen-bond donors (Lipinski definition) is 5. The molecule has 6 N–H and O–H groups in total. The van der Waals surface area contributed by atoms with Crippen LogP contribution >= 0.6 is 0 Å². The Kier molecular flexibility index (Phi) is 31.7. The van der Waals surface area contributed by atoms with E-state index in [0.29, 0.717) is 19.4 Å². The molecule has 0 saturated carbocycles. The van der Waals surface area contributed by atoms with Gasteiger partial charge in [-0.25, -0.2) is 0 Å². The van der Waals surface area contributed by atoms with Gasteiger partial charge in [-0.1, -0.05) is 117 Å². The van der Waals surface area contributed by atoms with Gasteiger partial charge >= 0.3 is 11.9 Å². The molecule has 0 spiro atoms. The summed E-state index contributed by atoms with van der Waals surface area (Å²) < 4.78 is 4.76. The first kappa shape index (κ1) is 38.3. The van der Waals surface area contributed by atoms with E-state index in [9.17, 15) is 9.59 Å². The minimum Gasteiger partial charge on any atom is -0.481 e. The predicted molar refractivity (Wildman–Crippen MR) is 160 cm³/mol. The van der Waals surface area contributed by atoms with Gasteiger partial charge in [0.15, 0.2) is 5.96 Å². The number of carbonyl (C=O) groups excluding carboxylic acids is 1. The van der Waals surface area contributed by atoms with Crippen molar-refractivity contribution in [3.63, 3.8) is 0 Å². The Morgan fingerprint density at radius 1 is 0.737 bits per heavy atom. The number of aliphatic carboxylic acids is 1. The molecule has 38 heavy (non-hydrogen) atoms. The van der Waals surface area contributed by atoms with E-state index < -0.39 is 5.97 Å². The fourth-order valence-corrected chi connectivity index (χ4v) is 4.27. The van der Waals surface area contributed by atoms with E-state index in [0.717, 1.165) is 45.1 Å². The molecule has 0 aliphatic rings. The first-order valence-electron chi connectivity index (χ1n) is 15.5. The van der Waals surface area contributed by atoms with Gasteiger partial charge in [0, 0.05) is 13.0 Å². The van der Waals surface area contributed by atoms with E-state index in [1.165, 1.54) is 90.6 Å². The number of ether oxygens (including phenoxy) is 1. The molecule has 1 atom stereocenters. The molecule has 0 bridgehead atoms. The third-order valence-corrected chi connectivity index (χ3v) is 6.64. The van der Waals surface area contributed by atoms with Gasteiger partial charge in [0.2, 0.25) is 0 Å². The number of methoxy groups -OCH3 is 1. The number of nitrogens with two attached hydrogens (primary N) is 1. The van der Waals surface area contributed by atoms with Gasteiger partial charge in [0.25, 0.3) is 0 Å². The third-order valence-electron chi connectivity index (χ3n) is 6.64. The van der Waals surface area contributed by atoms with Crippen LogP contribution in [0, 0.1) is 5.41 Å². The minimum atomic E-state index is -0.653. The van der Waals surface area contributed by atoms with E-state index in [-0.39, 0.29) is 18.0 Å². The van der Waals surface area contributed by atoms with Crippen LogP contribution in [-0.2, 0) is 14.3 Å².